The number of epoxide rings is 1. The summed E-state index contributed by atoms with van der Waals surface area (Å²) in [6.07, 6.45) is 0.109. The molecule has 1 aliphatic rings. The fraction of sp³-hybridized carbons (Fsp3) is 0.176. The molecule has 1 saturated heterocycles. The minimum Gasteiger partial charge on any atom is -0.496 e. The number of anilines is 1. The number of ether oxygens (including phenoxy) is 2. The number of para-hydroxylation sites is 1. The Balaban J connectivity index is 1.45. The molecule has 1 fully saturated rings. The molecule has 0 spiro atoms. The van der Waals surface area contributed by atoms with E-state index in [9.17, 15) is 13.6 Å². The number of halogens is 2. The number of methoxy groups -OCH3 is 1. The van der Waals surface area contributed by atoms with Crippen molar-refractivity contribution in [1.29, 1.82) is 0 Å². The monoisotopic (exact) mass is 595 g/mol. The van der Waals surface area contributed by atoms with Gasteiger partial charge in [-0.05, 0) is 60.2 Å². The summed E-state index contributed by atoms with van der Waals surface area (Å²) >= 11 is 0. The van der Waals surface area contributed by atoms with Gasteiger partial charge < -0.3 is 28.5 Å². The van der Waals surface area contributed by atoms with Crippen LogP contribution in [0.5, 0.6) is 5.75 Å². The number of carbonyl (C=O) groups is 1. The maximum absolute atomic E-state index is 14.5. The van der Waals surface area contributed by atoms with E-state index >= 15 is 0 Å². The fourth-order valence-electron chi connectivity index (χ4n) is 5.48. The topological polar surface area (TPSA) is 93.3 Å². The van der Waals surface area contributed by atoms with Crippen molar-refractivity contribution in [3.05, 3.63) is 90.0 Å². The SMILES string of the molecule is CNC(=O)c1c(-c2ccc(F)cc2)oc2cc(N(C)CC3CO3)c(-c3ccc(OC)c(-c4nc5c(F)cccc5o4)c3)cc12. The third-order valence-corrected chi connectivity index (χ3v) is 7.77. The number of furan rings is 1. The lowest BCUT2D eigenvalue weighted by Crippen LogP contribution is -2.23. The Morgan fingerprint density at radius 2 is 1.77 bits per heavy atom. The van der Waals surface area contributed by atoms with Gasteiger partial charge in [0.1, 0.15) is 28.4 Å². The van der Waals surface area contributed by atoms with Crippen molar-refractivity contribution in [2.24, 2.45) is 0 Å². The summed E-state index contributed by atoms with van der Waals surface area (Å²) in [4.78, 5) is 19.8. The van der Waals surface area contributed by atoms with E-state index in [0.29, 0.717) is 57.9 Å². The molecule has 1 aliphatic heterocycles. The minimum absolute atomic E-state index is 0.109. The summed E-state index contributed by atoms with van der Waals surface area (Å²) < 4.78 is 51.6. The lowest BCUT2D eigenvalue weighted by atomic mass is 9.96. The van der Waals surface area contributed by atoms with E-state index in [4.69, 9.17) is 18.3 Å². The van der Waals surface area contributed by atoms with E-state index in [1.807, 2.05) is 31.3 Å². The third-order valence-electron chi connectivity index (χ3n) is 7.77. The molecule has 1 N–H and O–H groups in total. The Morgan fingerprint density at radius 3 is 2.48 bits per heavy atom. The highest BCUT2D eigenvalue weighted by atomic mass is 19.1. The Morgan fingerprint density at radius 1 is 1.00 bits per heavy atom. The van der Waals surface area contributed by atoms with Gasteiger partial charge in [-0.25, -0.2) is 13.8 Å². The van der Waals surface area contributed by atoms with Gasteiger partial charge in [0, 0.05) is 48.9 Å². The Labute approximate surface area is 250 Å². The molecule has 10 heteroatoms. The van der Waals surface area contributed by atoms with Crippen LogP contribution in [0.4, 0.5) is 14.5 Å². The Hall–Kier alpha value is -5.22. The molecule has 0 radical (unpaired) electrons. The van der Waals surface area contributed by atoms with Gasteiger partial charge in [0.15, 0.2) is 11.4 Å². The first-order chi connectivity index (χ1) is 21.3. The van der Waals surface area contributed by atoms with Crippen LogP contribution in [0.1, 0.15) is 10.4 Å². The number of rotatable bonds is 8. The van der Waals surface area contributed by atoms with Crippen molar-refractivity contribution in [1.82, 2.24) is 10.3 Å². The molecule has 1 atom stereocenters. The van der Waals surface area contributed by atoms with Crippen LogP contribution >= 0.6 is 0 Å². The van der Waals surface area contributed by atoms with Crippen LogP contribution in [0.15, 0.2) is 81.6 Å². The van der Waals surface area contributed by atoms with Crippen molar-refractivity contribution >= 4 is 33.7 Å². The number of amides is 1. The summed E-state index contributed by atoms with van der Waals surface area (Å²) in [6.45, 7) is 1.32. The highest BCUT2D eigenvalue weighted by Gasteiger charge is 2.28. The number of nitrogens with zero attached hydrogens (tertiary/aromatic N) is 2. The normalized spacial score (nSPS) is 14.2. The van der Waals surface area contributed by atoms with Gasteiger partial charge in [-0.1, -0.05) is 12.1 Å². The summed E-state index contributed by atoms with van der Waals surface area (Å²) in [5, 5.41) is 3.29. The second-order valence-electron chi connectivity index (χ2n) is 10.6. The van der Waals surface area contributed by atoms with Crippen molar-refractivity contribution in [3.8, 4) is 39.7 Å². The quantitative estimate of drug-likeness (QED) is 0.188. The lowest BCUT2D eigenvalue weighted by Gasteiger charge is -2.22. The first-order valence-electron chi connectivity index (χ1n) is 14.0. The second-order valence-corrected chi connectivity index (χ2v) is 10.6. The van der Waals surface area contributed by atoms with Crippen LogP contribution in [0.3, 0.4) is 0 Å². The van der Waals surface area contributed by atoms with Crippen molar-refractivity contribution in [2.75, 3.05) is 39.3 Å². The first-order valence-corrected chi connectivity index (χ1v) is 14.0. The van der Waals surface area contributed by atoms with Gasteiger partial charge in [0.05, 0.1) is 30.9 Å². The zero-order valence-electron chi connectivity index (χ0n) is 24.1. The molecular formula is C34H27F2N3O5. The number of fused-ring (bicyclic) bond motifs is 2. The van der Waals surface area contributed by atoms with Gasteiger partial charge in [0.25, 0.3) is 5.91 Å². The van der Waals surface area contributed by atoms with Crippen molar-refractivity contribution in [2.45, 2.75) is 6.10 Å². The van der Waals surface area contributed by atoms with Gasteiger partial charge in [-0.15, -0.1) is 0 Å². The molecule has 0 aliphatic carbocycles. The largest absolute Gasteiger partial charge is 0.496 e. The number of hydrogen-bond acceptors (Lipinski definition) is 7. The molecule has 44 heavy (non-hydrogen) atoms. The molecule has 0 saturated carbocycles. The van der Waals surface area contributed by atoms with Gasteiger partial charge in [0.2, 0.25) is 5.89 Å². The van der Waals surface area contributed by atoms with Crippen LogP contribution in [0, 0.1) is 11.6 Å². The Bertz CT molecular complexity index is 2050. The predicted molar refractivity (Wildman–Crippen MR) is 163 cm³/mol. The summed E-state index contributed by atoms with van der Waals surface area (Å²) in [5.74, 6) is -0.181. The smallest absolute Gasteiger partial charge is 0.255 e. The van der Waals surface area contributed by atoms with Crippen LogP contribution < -0.4 is 15.0 Å². The average Bonchev–Trinajstić information content (AvgIpc) is 3.60. The zero-order valence-corrected chi connectivity index (χ0v) is 24.1. The molecule has 222 valence electrons. The summed E-state index contributed by atoms with van der Waals surface area (Å²) in [5.41, 5.74) is 4.77. The number of benzene rings is 4. The number of carbonyl (C=O) groups excluding carboxylic acids is 1. The molecule has 7 rings (SSSR count). The Kier molecular flexibility index (Phi) is 6.78. The molecule has 1 amide bonds. The van der Waals surface area contributed by atoms with Crippen LogP contribution in [0.2, 0.25) is 0 Å². The summed E-state index contributed by atoms with van der Waals surface area (Å²) in [6, 6.07) is 19.7. The van der Waals surface area contributed by atoms with Crippen LogP contribution in [-0.4, -0.2) is 51.4 Å². The molecule has 0 bridgehead atoms. The molecule has 8 nitrogen and oxygen atoms in total. The number of nitrogens with one attached hydrogen (secondary N) is 1. The fourth-order valence-corrected chi connectivity index (χ4v) is 5.48. The highest BCUT2D eigenvalue weighted by molar-refractivity contribution is 6.13. The number of oxazole rings is 1. The van der Waals surface area contributed by atoms with Gasteiger partial charge in [-0.2, -0.15) is 0 Å². The predicted octanol–water partition coefficient (Wildman–Crippen LogP) is 7.06. The van der Waals surface area contributed by atoms with Gasteiger partial charge in [-0.3, -0.25) is 4.79 Å². The van der Waals surface area contributed by atoms with Crippen LogP contribution in [-0.2, 0) is 4.74 Å². The maximum Gasteiger partial charge on any atom is 0.255 e. The number of likely N-dealkylation sites (N-methyl/N-ethyl adjacent to an activating group) is 1. The molecule has 1 unspecified atom stereocenters. The van der Waals surface area contributed by atoms with E-state index < -0.39 is 11.6 Å². The van der Waals surface area contributed by atoms with E-state index in [2.05, 4.69) is 15.2 Å². The second kappa shape index (κ2) is 10.8. The van der Waals surface area contributed by atoms with E-state index in [0.717, 1.165) is 16.8 Å². The van der Waals surface area contributed by atoms with E-state index in [1.54, 1.807) is 44.5 Å². The zero-order chi connectivity index (χ0) is 30.5. The number of hydrogen-bond donors (Lipinski definition) is 1. The maximum atomic E-state index is 14.5. The lowest BCUT2D eigenvalue weighted by molar-refractivity contribution is 0.0964. The van der Waals surface area contributed by atoms with Crippen molar-refractivity contribution < 1.29 is 31.9 Å². The molecular weight excluding hydrogens is 568 g/mol. The molecule has 6 aromatic rings. The standard InChI is InChI=1S/C34H27F2N3O5/c1-37-33(40)30-23-14-22(19-9-12-27(41-3)24(13-19)34-38-31-25(36)5-4-6-28(31)44-34)26(39(2)16-21-17-42-21)15-29(23)43-32(30)18-7-10-20(35)11-8-18/h4-15,21H,16-17H2,1-3H3,(H,37,40). The molecule has 4 aromatic carbocycles. The average molecular weight is 596 g/mol. The van der Waals surface area contributed by atoms with E-state index in [1.165, 1.54) is 18.2 Å². The highest BCUT2D eigenvalue weighted by Crippen LogP contribution is 2.43. The minimum atomic E-state index is -0.483. The van der Waals surface area contributed by atoms with Gasteiger partial charge >= 0.3 is 0 Å². The summed E-state index contributed by atoms with van der Waals surface area (Å²) in [7, 11) is 5.05. The van der Waals surface area contributed by atoms with Crippen LogP contribution in [0.25, 0.3) is 56.0 Å². The number of aromatic nitrogens is 1. The third kappa shape index (κ3) is 4.83. The van der Waals surface area contributed by atoms with E-state index in [-0.39, 0.29) is 23.4 Å². The molecule has 3 heterocycles. The van der Waals surface area contributed by atoms with Crippen molar-refractivity contribution in [3.63, 3.8) is 0 Å². The first kappa shape index (κ1) is 27.6. The molecule has 2 aromatic heterocycles.